The summed E-state index contributed by atoms with van der Waals surface area (Å²) in [5, 5.41) is 8.33. The van der Waals surface area contributed by atoms with Crippen molar-refractivity contribution in [1.29, 1.82) is 0 Å². The Bertz CT molecular complexity index is 1680. The lowest BCUT2D eigenvalue weighted by Gasteiger charge is -2.43. The fourth-order valence-corrected chi connectivity index (χ4v) is 6.80. The van der Waals surface area contributed by atoms with Gasteiger partial charge in [-0.2, -0.15) is 0 Å². The summed E-state index contributed by atoms with van der Waals surface area (Å²) in [5.41, 5.74) is 5.09. The molecule has 194 valence electrons. The van der Waals surface area contributed by atoms with E-state index in [9.17, 15) is 14.4 Å². The van der Waals surface area contributed by atoms with Crippen molar-refractivity contribution in [1.82, 2.24) is 15.6 Å². The highest BCUT2D eigenvalue weighted by atomic mass is 35.5. The number of nitrogens with zero attached hydrogens (tertiary/aromatic N) is 2. The number of halogens is 1. The number of amides is 4. The molecule has 7 rings (SSSR count). The van der Waals surface area contributed by atoms with E-state index in [2.05, 4.69) is 15.6 Å². The number of benzene rings is 3. The van der Waals surface area contributed by atoms with Gasteiger partial charge in [0.1, 0.15) is 0 Å². The molecule has 3 heterocycles. The number of fused-ring (bicyclic) bond motifs is 3. The summed E-state index contributed by atoms with van der Waals surface area (Å²) >= 11 is 6.80. The molecule has 1 saturated carbocycles. The van der Waals surface area contributed by atoms with Gasteiger partial charge < -0.3 is 10.6 Å². The van der Waals surface area contributed by atoms with Gasteiger partial charge in [-0.15, -0.1) is 0 Å². The summed E-state index contributed by atoms with van der Waals surface area (Å²) in [6, 6.07) is 18.7. The first kappa shape index (κ1) is 23.9. The highest BCUT2D eigenvalue weighted by Gasteiger charge is 2.46. The zero-order chi connectivity index (χ0) is 26.7. The van der Waals surface area contributed by atoms with Gasteiger partial charge in [0.05, 0.1) is 17.8 Å². The summed E-state index contributed by atoms with van der Waals surface area (Å²) < 4.78 is 0. The molecule has 4 amide bonds. The van der Waals surface area contributed by atoms with Crippen LogP contribution in [0.4, 0.5) is 10.5 Å². The minimum Gasteiger partial charge on any atom is -0.348 e. The zero-order valence-corrected chi connectivity index (χ0v) is 21.7. The quantitative estimate of drug-likeness (QED) is 0.346. The van der Waals surface area contributed by atoms with E-state index in [1.165, 1.54) is 4.90 Å². The van der Waals surface area contributed by atoms with Crippen molar-refractivity contribution in [3.05, 3.63) is 94.8 Å². The second-order valence-corrected chi connectivity index (χ2v) is 10.9. The van der Waals surface area contributed by atoms with Crippen LogP contribution in [0, 0.1) is 5.92 Å². The molecule has 0 radical (unpaired) electrons. The third kappa shape index (κ3) is 3.88. The largest absolute Gasteiger partial charge is 0.348 e. The molecule has 0 spiro atoms. The van der Waals surface area contributed by atoms with E-state index in [0.29, 0.717) is 35.7 Å². The van der Waals surface area contributed by atoms with E-state index in [4.69, 9.17) is 11.6 Å². The average Bonchev–Trinajstić information content (AvgIpc) is 3.32. The number of pyridine rings is 1. The lowest BCUT2D eigenvalue weighted by Crippen LogP contribution is -2.61. The van der Waals surface area contributed by atoms with E-state index in [-0.39, 0.29) is 29.7 Å². The van der Waals surface area contributed by atoms with Gasteiger partial charge in [0.25, 0.3) is 5.91 Å². The molecule has 8 heteroatoms. The number of hydrogen-bond acceptors (Lipinski definition) is 4. The first-order valence-corrected chi connectivity index (χ1v) is 13.5. The number of aromatic nitrogens is 1. The summed E-state index contributed by atoms with van der Waals surface area (Å²) in [5.74, 6) is -0.530. The van der Waals surface area contributed by atoms with Crippen molar-refractivity contribution in [2.75, 3.05) is 4.90 Å². The van der Waals surface area contributed by atoms with Crippen LogP contribution in [0.15, 0.2) is 73.1 Å². The maximum absolute atomic E-state index is 13.7. The second kappa shape index (κ2) is 9.20. The molecular formula is C31H25ClN4O3. The standard InChI is InChI=1S/C31H25ClN4O3/c32-25-7-3-6-22(17-8-9-20-15-34-29(37)24(20)12-17)28(25)18-10-11-23-26(13-18)35-31(39)36(30(23)38)27-16-33-14-19-4-1-2-5-21(19)27/h1-9,12,14,16,18,23,26H,10-11,13,15H2,(H,34,37)(H,35,39). The first-order chi connectivity index (χ1) is 19.0. The Labute approximate surface area is 230 Å². The number of imide groups is 1. The Morgan fingerprint density at radius 1 is 0.923 bits per heavy atom. The lowest BCUT2D eigenvalue weighted by molar-refractivity contribution is -0.124. The fraction of sp³-hybridized carbons (Fsp3) is 0.226. The molecule has 1 aliphatic carbocycles. The Morgan fingerprint density at radius 3 is 2.69 bits per heavy atom. The Hall–Kier alpha value is -4.23. The van der Waals surface area contributed by atoms with Gasteiger partial charge in [-0.3, -0.25) is 14.6 Å². The maximum Gasteiger partial charge on any atom is 0.329 e. The van der Waals surface area contributed by atoms with Gasteiger partial charge in [-0.1, -0.05) is 60.1 Å². The molecule has 3 unspecified atom stereocenters. The SMILES string of the molecule is O=C1NCc2ccc(-c3cccc(Cl)c3C3CCC4C(=O)N(c5cncc6ccccc56)C(=O)NC4C3)cc21. The van der Waals surface area contributed by atoms with E-state index in [1.54, 1.807) is 12.4 Å². The van der Waals surface area contributed by atoms with Crippen molar-refractivity contribution in [2.24, 2.45) is 5.92 Å². The molecule has 2 N–H and O–H groups in total. The predicted molar refractivity (Wildman–Crippen MR) is 150 cm³/mol. The molecule has 4 aromatic rings. The Morgan fingerprint density at radius 2 is 1.79 bits per heavy atom. The van der Waals surface area contributed by atoms with Crippen LogP contribution in [-0.4, -0.2) is 28.9 Å². The molecular weight excluding hydrogens is 512 g/mol. The van der Waals surface area contributed by atoms with Gasteiger partial charge in [0.2, 0.25) is 5.91 Å². The smallest absolute Gasteiger partial charge is 0.329 e. The zero-order valence-electron chi connectivity index (χ0n) is 21.0. The number of nitrogens with one attached hydrogen (secondary N) is 2. The molecule has 2 aliphatic heterocycles. The van der Waals surface area contributed by atoms with Gasteiger partial charge in [-0.05, 0) is 59.6 Å². The van der Waals surface area contributed by atoms with Crippen LogP contribution in [0.5, 0.6) is 0 Å². The fourth-order valence-electron chi connectivity index (χ4n) is 6.47. The molecule has 7 nitrogen and oxygen atoms in total. The maximum atomic E-state index is 13.7. The number of rotatable bonds is 3. The molecule has 1 saturated heterocycles. The third-order valence-corrected chi connectivity index (χ3v) is 8.68. The van der Waals surface area contributed by atoms with Crippen LogP contribution in [0.3, 0.4) is 0 Å². The summed E-state index contributed by atoms with van der Waals surface area (Å²) in [6.07, 6.45) is 5.30. The first-order valence-electron chi connectivity index (χ1n) is 13.2. The highest BCUT2D eigenvalue weighted by Crippen LogP contribution is 2.45. The molecule has 1 aromatic heterocycles. The second-order valence-electron chi connectivity index (χ2n) is 10.5. The summed E-state index contributed by atoms with van der Waals surface area (Å²) in [7, 11) is 0. The molecule has 3 atom stereocenters. The molecule has 3 aromatic carbocycles. The van der Waals surface area contributed by atoms with Gasteiger partial charge in [-0.25, -0.2) is 9.69 Å². The number of carbonyl (C=O) groups is 3. The van der Waals surface area contributed by atoms with Crippen molar-refractivity contribution in [3.8, 4) is 11.1 Å². The monoisotopic (exact) mass is 536 g/mol. The summed E-state index contributed by atoms with van der Waals surface area (Å²) in [4.78, 5) is 44.9. The lowest BCUT2D eigenvalue weighted by atomic mass is 9.72. The normalized spacial score (nSPS) is 22.3. The van der Waals surface area contributed by atoms with Crippen LogP contribution < -0.4 is 15.5 Å². The third-order valence-electron chi connectivity index (χ3n) is 8.35. The number of urea groups is 1. The number of hydrogen-bond donors (Lipinski definition) is 2. The molecule has 3 aliphatic rings. The minimum atomic E-state index is -0.427. The number of anilines is 1. The molecule has 0 bridgehead atoms. The van der Waals surface area contributed by atoms with Gasteiger partial charge >= 0.3 is 6.03 Å². The van der Waals surface area contributed by atoms with Crippen LogP contribution in [-0.2, 0) is 11.3 Å². The Kier molecular flexibility index (Phi) is 5.63. The minimum absolute atomic E-state index is 0.0518. The Balaban J connectivity index is 1.19. The van der Waals surface area contributed by atoms with Gasteiger partial charge in [0.15, 0.2) is 0 Å². The van der Waals surface area contributed by atoms with Crippen molar-refractivity contribution in [2.45, 2.75) is 37.8 Å². The van der Waals surface area contributed by atoms with E-state index < -0.39 is 6.03 Å². The molecule has 39 heavy (non-hydrogen) atoms. The van der Waals surface area contributed by atoms with Crippen molar-refractivity contribution >= 4 is 45.9 Å². The van der Waals surface area contributed by atoms with Crippen molar-refractivity contribution in [3.63, 3.8) is 0 Å². The van der Waals surface area contributed by atoms with E-state index in [0.717, 1.165) is 39.4 Å². The van der Waals surface area contributed by atoms with Crippen molar-refractivity contribution < 1.29 is 14.4 Å². The van der Waals surface area contributed by atoms with Crippen LogP contribution in [0.1, 0.15) is 46.7 Å². The average molecular weight is 537 g/mol. The highest BCUT2D eigenvalue weighted by molar-refractivity contribution is 6.32. The topological polar surface area (TPSA) is 91.4 Å². The van der Waals surface area contributed by atoms with Gasteiger partial charge in [0, 0.05) is 40.1 Å². The van der Waals surface area contributed by atoms with Crippen LogP contribution in [0.25, 0.3) is 21.9 Å². The number of carbonyl (C=O) groups excluding carboxylic acids is 3. The predicted octanol–water partition coefficient (Wildman–Crippen LogP) is 5.81. The van der Waals surface area contributed by atoms with Crippen LogP contribution >= 0.6 is 11.6 Å². The van der Waals surface area contributed by atoms with E-state index in [1.807, 2.05) is 60.7 Å². The van der Waals surface area contributed by atoms with E-state index >= 15 is 0 Å². The van der Waals surface area contributed by atoms with Crippen LogP contribution in [0.2, 0.25) is 5.02 Å². The summed E-state index contributed by atoms with van der Waals surface area (Å²) in [6.45, 7) is 0.544. The molecule has 2 fully saturated rings.